The summed E-state index contributed by atoms with van der Waals surface area (Å²) >= 11 is 0. The molecule has 0 radical (unpaired) electrons. The summed E-state index contributed by atoms with van der Waals surface area (Å²) in [6, 6.07) is 0. The van der Waals surface area contributed by atoms with Gasteiger partial charge in [-0.3, -0.25) is 9.59 Å². The van der Waals surface area contributed by atoms with Crippen LogP contribution >= 0.6 is 0 Å². The molecular weight excluding hydrogens is 208 g/mol. The highest BCUT2D eigenvalue weighted by molar-refractivity contribution is 5.89. The highest BCUT2D eigenvalue weighted by Crippen LogP contribution is 2.61. The molecule has 4 heteroatoms. The molecule has 90 valence electrons. The van der Waals surface area contributed by atoms with Crippen molar-refractivity contribution >= 4 is 11.9 Å². The van der Waals surface area contributed by atoms with E-state index in [1.54, 1.807) is 0 Å². The lowest BCUT2D eigenvalue weighted by Crippen LogP contribution is -2.29. The fourth-order valence-electron chi connectivity index (χ4n) is 3.24. The van der Waals surface area contributed by atoms with Crippen LogP contribution in [0, 0.1) is 17.3 Å². The summed E-state index contributed by atoms with van der Waals surface area (Å²) in [6.45, 7) is 0. The Balaban J connectivity index is 2.14. The second-order valence-corrected chi connectivity index (χ2v) is 5.13. The number of carboxylic acids is 2. The van der Waals surface area contributed by atoms with Crippen molar-refractivity contribution in [2.45, 2.75) is 44.9 Å². The molecule has 0 aromatic heterocycles. The normalized spacial score (nSPS) is 35.4. The third-order valence-corrected chi connectivity index (χ3v) is 4.28. The fourth-order valence-corrected chi connectivity index (χ4v) is 3.24. The largest absolute Gasteiger partial charge is 0.481 e. The van der Waals surface area contributed by atoms with Crippen LogP contribution in [0.15, 0.2) is 0 Å². The Labute approximate surface area is 94.7 Å². The number of hydrogen-bond acceptors (Lipinski definition) is 2. The minimum Gasteiger partial charge on any atom is -0.481 e. The maximum Gasteiger partial charge on any atom is 0.310 e. The first-order chi connectivity index (χ1) is 7.59. The van der Waals surface area contributed by atoms with Gasteiger partial charge in [-0.1, -0.05) is 25.7 Å². The van der Waals surface area contributed by atoms with Crippen molar-refractivity contribution in [3.63, 3.8) is 0 Å². The fraction of sp³-hybridized carbons (Fsp3) is 0.833. The van der Waals surface area contributed by atoms with Gasteiger partial charge in [0.05, 0.1) is 11.3 Å². The molecule has 2 unspecified atom stereocenters. The molecule has 0 aromatic carbocycles. The average molecular weight is 226 g/mol. The van der Waals surface area contributed by atoms with Crippen molar-refractivity contribution in [2.75, 3.05) is 0 Å². The Hall–Kier alpha value is -1.06. The Bertz CT molecular complexity index is 304. The highest BCUT2D eigenvalue weighted by atomic mass is 16.4. The summed E-state index contributed by atoms with van der Waals surface area (Å²) in [4.78, 5) is 22.3. The first kappa shape index (κ1) is 11.4. The maximum absolute atomic E-state index is 11.3. The molecule has 0 bridgehead atoms. The van der Waals surface area contributed by atoms with Crippen LogP contribution < -0.4 is 0 Å². The predicted molar refractivity (Wildman–Crippen MR) is 57.0 cm³/mol. The van der Waals surface area contributed by atoms with E-state index in [2.05, 4.69) is 0 Å². The van der Waals surface area contributed by atoms with E-state index in [1.807, 2.05) is 0 Å². The summed E-state index contributed by atoms with van der Waals surface area (Å²) in [6.07, 6.45) is 6.51. The SMILES string of the molecule is O=C(O)C1CC1(C(=O)O)C1CCCCCC1. The smallest absolute Gasteiger partial charge is 0.310 e. The Kier molecular flexibility index (Phi) is 2.91. The topological polar surface area (TPSA) is 74.6 Å². The second kappa shape index (κ2) is 4.07. The Morgan fingerprint density at radius 3 is 1.94 bits per heavy atom. The number of hydrogen-bond donors (Lipinski definition) is 2. The van der Waals surface area contributed by atoms with Crippen molar-refractivity contribution in [2.24, 2.45) is 17.3 Å². The van der Waals surface area contributed by atoms with E-state index in [0.717, 1.165) is 38.5 Å². The van der Waals surface area contributed by atoms with Gasteiger partial charge in [0, 0.05) is 0 Å². The van der Waals surface area contributed by atoms with Gasteiger partial charge in [-0.05, 0) is 25.2 Å². The third kappa shape index (κ3) is 1.70. The molecule has 2 aliphatic rings. The zero-order chi connectivity index (χ0) is 11.8. The van der Waals surface area contributed by atoms with Crippen LogP contribution in [0.5, 0.6) is 0 Å². The molecule has 0 spiro atoms. The molecule has 0 aliphatic heterocycles. The zero-order valence-electron chi connectivity index (χ0n) is 9.32. The maximum atomic E-state index is 11.3. The second-order valence-electron chi connectivity index (χ2n) is 5.13. The molecule has 0 amide bonds. The van der Waals surface area contributed by atoms with E-state index >= 15 is 0 Å². The molecule has 0 heterocycles. The van der Waals surface area contributed by atoms with Gasteiger partial charge in [0.25, 0.3) is 0 Å². The summed E-state index contributed by atoms with van der Waals surface area (Å²) in [5, 5.41) is 18.3. The van der Waals surface area contributed by atoms with Gasteiger partial charge < -0.3 is 10.2 Å². The van der Waals surface area contributed by atoms with Gasteiger partial charge in [-0.25, -0.2) is 0 Å². The Morgan fingerprint density at radius 2 is 1.56 bits per heavy atom. The van der Waals surface area contributed by atoms with E-state index in [4.69, 9.17) is 5.11 Å². The number of carbonyl (C=O) groups is 2. The van der Waals surface area contributed by atoms with E-state index in [1.165, 1.54) is 0 Å². The lowest BCUT2D eigenvalue weighted by molar-refractivity contribution is -0.151. The van der Waals surface area contributed by atoms with Crippen molar-refractivity contribution in [1.29, 1.82) is 0 Å². The van der Waals surface area contributed by atoms with Crippen molar-refractivity contribution in [1.82, 2.24) is 0 Å². The van der Waals surface area contributed by atoms with Crippen molar-refractivity contribution in [3.8, 4) is 0 Å². The number of carboxylic acid groups (broad SMARTS) is 2. The van der Waals surface area contributed by atoms with Gasteiger partial charge in [-0.15, -0.1) is 0 Å². The van der Waals surface area contributed by atoms with Gasteiger partial charge in [0.2, 0.25) is 0 Å². The van der Waals surface area contributed by atoms with E-state index < -0.39 is 23.3 Å². The molecule has 2 fully saturated rings. The molecule has 2 atom stereocenters. The molecular formula is C12H18O4. The van der Waals surface area contributed by atoms with E-state index in [9.17, 15) is 14.7 Å². The van der Waals surface area contributed by atoms with Gasteiger partial charge in [0.1, 0.15) is 0 Å². The lowest BCUT2D eigenvalue weighted by Gasteiger charge is -2.22. The standard InChI is InChI=1S/C12H18O4/c13-10(14)9-7-12(9,11(15)16)8-5-3-1-2-4-6-8/h8-9H,1-7H2,(H,13,14)(H,15,16). The lowest BCUT2D eigenvalue weighted by atomic mass is 9.81. The quantitative estimate of drug-likeness (QED) is 0.723. The average Bonchev–Trinajstić information content (AvgIpc) is 2.99. The van der Waals surface area contributed by atoms with Crippen LogP contribution in [0.4, 0.5) is 0 Å². The molecule has 16 heavy (non-hydrogen) atoms. The highest BCUT2D eigenvalue weighted by Gasteiger charge is 2.67. The molecule has 2 aliphatic carbocycles. The Morgan fingerprint density at radius 1 is 1.00 bits per heavy atom. The van der Waals surface area contributed by atoms with E-state index in [0.29, 0.717) is 6.42 Å². The molecule has 2 N–H and O–H groups in total. The first-order valence-electron chi connectivity index (χ1n) is 6.05. The number of rotatable bonds is 3. The van der Waals surface area contributed by atoms with Crippen LogP contribution in [-0.2, 0) is 9.59 Å². The van der Waals surface area contributed by atoms with E-state index in [-0.39, 0.29) is 5.92 Å². The van der Waals surface area contributed by atoms with Crippen LogP contribution in [-0.4, -0.2) is 22.2 Å². The van der Waals surface area contributed by atoms with Crippen LogP contribution in [0.3, 0.4) is 0 Å². The molecule has 0 saturated heterocycles. The van der Waals surface area contributed by atoms with Crippen LogP contribution in [0.1, 0.15) is 44.9 Å². The van der Waals surface area contributed by atoms with Crippen molar-refractivity contribution in [3.05, 3.63) is 0 Å². The molecule has 2 saturated carbocycles. The number of aliphatic carboxylic acids is 2. The van der Waals surface area contributed by atoms with Gasteiger partial charge >= 0.3 is 11.9 Å². The first-order valence-corrected chi connectivity index (χ1v) is 6.05. The molecule has 2 rings (SSSR count). The monoisotopic (exact) mass is 226 g/mol. The minimum atomic E-state index is -0.938. The van der Waals surface area contributed by atoms with Crippen molar-refractivity contribution < 1.29 is 19.8 Å². The summed E-state index contributed by atoms with van der Waals surface area (Å²) in [5.74, 6) is -2.40. The molecule has 0 aromatic rings. The van der Waals surface area contributed by atoms with Gasteiger partial charge in [-0.2, -0.15) is 0 Å². The van der Waals surface area contributed by atoms with Crippen LogP contribution in [0.25, 0.3) is 0 Å². The van der Waals surface area contributed by atoms with Crippen LogP contribution in [0.2, 0.25) is 0 Å². The third-order valence-electron chi connectivity index (χ3n) is 4.28. The van der Waals surface area contributed by atoms with Gasteiger partial charge in [0.15, 0.2) is 0 Å². The summed E-state index contributed by atoms with van der Waals surface area (Å²) in [5.41, 5.74) is -0.934. The summed E-state index contributed by atoms with van der Waals surface area (Å²) in [7, 11) is 0. The molecule has 4 nitrogen and oxygen atoms in total. The predicted octanol–water partition coefficient (Wildman–Crippen LogP) is 2.13. The zero-order valence-corrected chi connectivity index (χ0v) is 9.32. The minimum absolute atomic E-state index is 0.0774. The summed E-state index contributed by atoms with van der Waals surface area (Å²) < 4.78 is 0.